The Morgan fingerprint density at radius 1 is 1.26 bits per heavy atom. The average Bonchev–Trinajstić information content (AvgIpc) is 3.15. The third kappa shape index (κ3) is 3.20. The molecule has 2 aliphatic heterocycles. The van der Waals surface area contributed by atoms with Gasteiger partial charge in [-0.2, -0.15) is 0 Å². The van der Waals surface area contributed by atoms with Crippen LogP contribution in [-0.2, 0) is 9.59 Å². The molecule has 1 aromatic heterocycles. The number of methoxy groups -OCH3 is 1. The molecule has 2 saturated heterocycles. The molecule has 2 aliphatic rings. The molecule has 0 aromatic carbocycles. The monoisotopic (exact) mass is 320 g/mol. The molecule has 0 radical (unpaired) electrons. The van der Waals surface area contributed by atoms with Gasteiger partial charge in [0, 0.05) is 45.4 Å². The minimum absolute atomic E-state index is 0.0274. The summed E-state index contributed by atoms with van der Waals surface area (Å²) in [5.41, 5.74) is 0. The minimum Gasteiger partial charge on any atom is -0.477 e. The molecule has 23 heavy (non-hydrogen) atoms. The van der Waals surface area contributed by atoms with Crippen LogP contribution in [0.3, 0.4) is 0 Å². The van der Waals surface area contributed by atoms with Crippen molar-refractivity contribution in [3.8, 4) is 11.8 Å². The van der Waals surface area contributed by atoms with Crippen LogP contribution < -0.4 is 9.47 Å². The zero-order chi connectivity index (χ0) is 16.4. The van der Waals surface area contributed by atoms with Crippen molar-refractivity contribution in [1.82, 2.24) is 19.8 Å². The Hall–Kier alpha value is -2.38. The number of carbonyl (C=O) groups is 2. The normalized spacial score (nSPS) is 24.2. The van der Waals surface area contributed by atoms with E-state index in [4.69, 9.17) is 9.47 Å². The molecular formula is C15H20N4O4. The van der Waals surface area contributed by atoms with E-state index < -0.39 is 0 Å². The van der Waals surface area contributed by atoms with Crippen molar-refractivity contribution in [2.75, 3.05) is 33.8 Å². The maximum absolute atomic E-state index is 12.5. The molecular weight excluding hydrogens is 300 g/mol. The van der Waals surface area contributed by atoms with Crippen molar-refractivity contribution in [3.63, 3.8) is 0 Å². The van der Waals surface area contributed by atoms with Gasteiger partial charge in [0.2, 0.25) is 11.8 Å². The van der Waals surface area contributed by atoms with Crippen LogP contribution in [0.2, 0.25) is 0 Å². The van der Waals surface area contributed by atoms with Crippen LogP contribution in [0.5, 0.6) is 11.8 Å². The third-order valence-electron chi connectivity index (χ3n) is 4.25. The van der Waals surface area contributed by atoms with Crippen molar-refractivity contribution in [3.05, 3.63) is 12.4 Å². The zero-order valence-corrected chi connectivity index (χ0v) is 13.3. The lowest BCUT2D eigenvalue weighted by Gasteiger charge is -2.20. The standard InChI is InChI=1S/C15H20N4O4/c1-18-8-10(7-12(18)20)15(21)19-6-3-11(9-19)23-14-13(22-2)16-4-5-17-14/h4-5,10-11H,3,6-9H2,1-2H3. The van der Waals surface area contributed by atoms with Crippen LogP contribution in [0.15, 0.2) is 12.4 Å². The Labute approximate surface area is 134 Å². The summed E-state index contributed by atoms with van der Waals surface area (Å²) in [7, 11) is 3.24. The van der Waals surface area contributed by atoms with E-state index in [0.717, 1.165) is 6.42 Å². The fourth-order valence-electron chi connectivity index (χ4n) is 3.00. The lowest BCUT2D eigenvalue weighted by Crippen LogP contribution is -2.36. The van der Waals surface area contributed by atoms with Gasteiger partial charge in [-0.25, -0.2) is 9.97 Å². The fourth-order valence-corrected chi connectivity index (χ4v) is 3.00. The van der Waals surface area contributed by atoms with Gasteiger partial charge in [0.25, 0.3) is 11.8 Å². The smallest absolute Gasteiger partial charge is 0.278 e. The number of amides is 2. The quantitative estimate of drug-likeness (QED) is 0.773. The van der Waals surface area contributed by atoms with Gasteiger partial charge in [0.15, 0.2) is 0 Å². The molecule has 1 aromatic rings. The van der Waals surface area contributed by atoms with Crippen LogP contribution in [0, 0.1) is 5.92 Å². The van der Waals surface area contributed by atoms with Gasteiger partial charge in [-0.3, -0.25) is 9.59 Å². The van der Waals surface area contributed by atoms with E-state index in [2.05, 4.69) is 9.97 Å². The SMILES string of the molecule is COc1nccnc1OC1CCN(C(=O)C2CC(=O)N(C)C2)C1. The first kappa shape index (κ1) is 15.5. The van der Waals surface area contributed by atoms with E-state index in [1.165, 1.54) is 19.5 Å². The predicted octanol–water partition coefficient (Wildman–Crippen LogP) is -0.0568. The molecule has 0 spiro atoms. The van der Waals surface area contributed by atoms with Crippen LogP contribution in [0.1, 0.15) is 12.8 Å². The molecule has 0 N–H and O–H groups in total. The van der Waals surface area contributed by atoms with E-state index in [9.17, 15) is 9.59 Å². The summed E-state index contributed by atoms with van der Waals surface area (Å²) in [6.07, 6.45) is 3.95. The van der Waals surface area contributed by atoms with Crippen molar-refractivity contribution >= 4 is 11.8 Å². The summed E-state index contributed by atoms with van der Waals surface area (Å²) in [5, 5.41) is 0. The van der Waals surface area contributed by atoms with Gasteiger partial charge in [-0.05, 0) is 0 Å². The van der Waals surface area contributed by atoms with Gasteiger partial charge in [-0.15, -0.1) is 0 Å². The summed E-state index contributed by atoms with van der Waals surface area (Å²) in [5.74, 6) is 0.488. The summed E-state index contributed by atoms with van der Waals surface area (Å²) >= 11 is 0. The fraction of sp³-hybridized carbons (Fsp3) is 0.600. The second-order valence-electron chi connectivity index (χ2n) is 5.86. The average molecular weight is 320 g/mol. The largest absolute Gasteiger partial charge is 0.477 e. The zero-order valence-electron chi connectivity index (χ0n) is 13.3. The number of carbonyl (C=O) groups excluding carboxylic acids is 2. The molecule has 2 amide bonds. The highest BCUT2D eigenvalue weighted by Gasteiger charge is 2.37. The Kier molecular flexibility index (Phi) is 4.31. The van der Waals surface area contributed by atoms with E-state index in [-0.39, 0.29) is 23.8 Å². The van der Waals surface area contributed by atoms with Crippen molar-refractivity contribution < 1.29 is 19.1 Å². The maximum Gasteiger partial charge on any atom is 0.278 e. The predicted molar refractivity (Wildman–Crippen MR) is 79.9 cm³/mol. The highest BCUT2D eigenvalue weighted by molar-refractivity contribution is 5.89. The highest BCUT2D eigenvalue weighted by Crippen LogP contribution is 2.26. The van der Waals surface area contributed by atoms with Crippen LogP contribution in [0.4, 0.5) is 0 Å². The maximum atomic E-state index is 12.5. The number of aromatic nitrogens is 2. The first-order chi connectivity index (χ1) is 11.1. The molecule has 3 heterocycles. The van der Waals surface area contributed by atoms with E-state index in [0.29, 0.717) is 37.8 Å². The van der Waals surface area contributed by atoms with Gasteiger partial charge in [-0.1, -0.05) is 0 Å². The minimum atomic E-state index is -0.239. The van der Waals surface area contributed by atoms with E-state index in [1.807, 2.05) is 0 Å². The second kappa shape index (κ2) is 6.39. The molecule has 2 fully saturated rings. The van der Waals surface area contributed by atoms with Gasteiger partial charge < -0.3 is 19.3 Å². The number of nitrogens with zero attached hydrogens (tertiary/aromatic N) is 4. The van der Waals surface area contributed by atoms with Crippen LogP contribution in [-0.4, -0.2) is 71.5 Å². The summed E-state index contributed by atoms with van der Waals surface area (Å²) in [6.45, 7) is 1.62. The number of hydrogen-bond donors (Lipinski definition) is 0. The molecule has 0 bridgehead atoms. The Balaban J connectivity index is 1.58. The second-order valence-corrected chi connectivity index (χ2v) is 5.86. The van der Waals surface area contributed by atoms with Gasteiger partial charge >= 0.3 is 0 Å². The Morgan fingerprint density at radius 2 is 2.00 bits per heavy atom. The van der Waals surface area contributed by atoms with Gasteiger partial charge in [0.1, 0.15) is 6.10 Å². The number of likely N-dealkylation sites (tertiary alicyclic amines) is 2. The highest BCUT2D eigenvalue weighted by atomic mass is 16.5. The van der Waals surface area contributed by atoms with Gasteiger partial charge in [0.05, 0.1) is 19.6 Å². The molecule has 3 rings (SSSR count). The van der Waals surface area contributed by atoms with Crippen molar-refractivity contribution in [1.29, 1.82) is 0 Å². The Bertz CT molecular complexity index is 609. The number of hydrogen-bond acceptors (Lipinski definition) is 6. The van der Waals surface area contributed by atoms with Crippen LogP contribution >= 0.6 is 0 Å². The van der Waals surface area contributed by atoms with E-state index >= 15 is 0 Å². The van der Waals surface area contributed by atoms with E-state index in [1.54, 1.807) is 16.8 Å². The molecule has 2 atom stereocenters. The van der Waals surface area contributed by atoms with Crippen molar-refractivity contribution in [2.24, 2.45) is 5.92 Å². The molecule has 2 unspecified atom stereocenters. The Morgan fingerprint density at radius 3 is 2.65 bits per heavy atom. The number of rotatable bonds is 4. The molecule has 124 valence electrons. The van der Waals surface area contributed by atoms with Crippen molar-refractivity contribution in [2.45, 2.75) is 18.9 Å². The lowest BCUT2D eigenvalue weighted by atomic mass is 10.1. The molecule has 0 aliphatic carbocycles. The summed E-state index contributed by atoms with van der Waals surface area (Å²) < 4.78 is 10.9. The first-order valence-electron chi connectivity index (χ1n) is 7.63. The summed E-state index contributed by atoms with van der Waals surface area (Å²) in [6, 6.07) is 0. The molecule has 8 nitrogen and oxygen atoms in total. The van der Waals surface area contributed by atoms with Crippen LogP contribution in [0.25, 0.3) is 0 Å². The number of ether oxygens (including phenoxy) is 2. The summed E-state index contributed by atoms with van der Waals surface area (Å²) in [4.78, 5) is 35.6. The molecule has 8 heteroatoms. The molecule has 0 saturated carbocycles. The lowest BCUT2D eigenvalue weighted by molar-refractivity contribution is -0.135. The first-order valence-corrected chi connectivity index (χ1v) is 7.63. The third-order valence-corrected chi connectivity index (χ3v) is 4.25. The topological polar surface area (TPSA) is 84.9 Å².